The Kier molecular flexibility index (Phi) is 8.69. The molecule has 0 aliphatic heterocycles. The summed E-state index contributed by atoms with van der Waals surface area (Å²) in [6.45, 7) is 0. The second-order valence-electron chi connectivity index (χ2n) is 18.0. The number of para-hydroxylation sites is 1. The molecular formula is C59H49N. The summed E-state index contributed by atoms with van der Waals surface area (Å²) in [6.07, 6.45) is 8.72. The van der Waals surface area contributed by atoms with E-state index in [9.17, 15) is 0 Å². The van der Waals surface area contributed by atoms with Crippen molar-refractivity contribution in [2.24, 2.45) is 11.8 Å². The molecule has 2 atom stereocenters. The first-order valence-corrected chi connectivity index (χ1v) is 22.3. The number of fused-ring (bicyclic) bond motifs is 7. The molecule has 0 aromatic heterocycles. The van der Waals surface area contributed by atoms with E-state index < -0.39 is 0 Å². The minimum atomic E-state index is 0.612. The number of aryl methyl sites for hydroxylation is 2. The van der Waals surface area contributed by atoms with Gasteiger partial charge in [0, 0.05) is 16.9 Å². The molecule has 8 aromatic rings. The van der Waals surface area contributed by atoms with E-state index in [1.165, 1.54) is 110 Å². The standard InChI is InChI=1S/C59H49N/c1-2-14-41(15-3-1)52-21-12-13-25-59(52)60(46-28-30-51-45-35-39-32-40(36-45)34-44(33-39)50-20-8-9-23-54(50)58(51)38-46)47-29-31-56-55-24-11-10-22-53(55)48-18-6-4-16-42(48)26-27-43-17-5-7-19-49(43)57(56)37-47/h1-25,28-31,37-40,44-45H,26-27,32-36H2. The summed E-state index contributed by atoms with van der Waals surface area (Å²) < 4.78 is 0. The average Bonchev–Trinajstić information content (AvgIpc) is 3.36. The van der Waals surface area contributed by atoms with Gasteiger partial charge < -0.3 is 4.90 Å². The van der Waals surface area contributed by atoms with E-state index in [1.807, 2.05) is 0 Å². The third-order valence-corrected chi connectivity index (χ3v) is 14.6. The Hall–Kier alpha value is -6.44. The highest BCUT2D eigenvalue weighted by Crippen LogP contribution is 2.56. The van der Waals surface area contributed by atoms with Crippen molar-refractivity contribution in [2.75, 3.05) is 4.90 Å². The molecular weight excluding hydrogens is 723 g/mol. The van der Waals surface area contributed by atoms with Crippen LogP contribution in [0.3, 0.4) is 0 Å². The summed E-state index contributed by atoms with van der Waals surface area (Å²) in [7, 11) is 0. The number of hydrogen-bond donors (Lipinski definition) is 0. The van der Waals surface area contributed by atoms with Crippen LogP contribution >= 0.6 is 0 Å². The smallest absolute Gasteiger partial charge is 0.0540 e. The van der Waals surface area contributed by atoms with Crippen molar-refractivity contribution in [1.82, 2.24) is 0 Å². The van der Waals surface area contributed by atoms with E-state index >= 15 is 0 Å². The molecule has 2 saturated carbocycles. The van der Waals surface area contributed by atoms with Gasteiger partial charge in [0.15, 0.2) is 0 Å². The van der Waals surface area contributed by atoms with Crippen molar-refractivity contribution in [1.29, 1.82) is 0 Å². The summed E-state index contributed by atoms with van der Waals surface area (Å²) >= 11 is 0. The first-order chi connectivity index (χ1) is 29.7. The molecule has 8 aromatic carbocycles. The van der Waals surface area contributed by atoms with Crippen LogP contribution in [0.1, 0.15) is 66.2 Å². The van der Waals surface area contributed by atoms with Gasteiger partial charge in [0.1, 0.15) is 0 Å². The molecule has 60 heavy (non-hydrogen) atoms. The molecule has 0 radical (unpaired) electrons. The van der Waals surface area contributed by atoms with Crippen molar-refractivity contribution >= 4 is 17.1 Å². The van der Waals surface area contributed by atoms with Gasteiger partial charge in [0.2, 0.25) is 0 Å². The average molecular weight is 772 g/mol. The van der Waals surface area contributed by atoms with Gasteiger partial charge in [-0.05, 0) is 171 Å². The Balaban J connectivity index is 1.11. The van der Waals surface area contributed by atoms with Crippen molar-refractivity contribution < 1.29 is 0 Å². The van der Waals surface area contributed by atoms with Crippen LogP contribution in [-0.4, -0.2) is 0 Å². The van der Waals surface area contributed by atoms with Gasteiger partial charge in [-0.1, -0.05) is 158 Å². The number of rotatable bonds is 4. The molecule has 5 aliphatic carbocycles. The molecule has 0 amide bonds. The van der Waals surface area contributed by atoms with Crippen molar-refractivity contribution in [3.63, 3.8) is 0 Å². The molecule has 290 valence electrons. The quantitative estimate of drug-likeness (QED) is 0.172. The van der Waals surface area contributed by atoms with Crippen molar-refractivity contribution in [3.05, 3.63) is 210 Å². The van der Waals surface area contributed by atoms with Crippen molar-refractivity contribution in [3.8, 4) is 55.6 Å². The van der Waals surface area contributed by atoms with E-state index in [1.54, 1.807) is 11.1 Å². The largest absolute Gasteiger partial charge is 0.310 e. The molecule has 0 saturated heterocycles. The fourth-order valence-corrected chi connectivity index (χ4v) is 12.0. The zero-order chi connectivity index (χ0) is 39.6. The lowest BCUT2D eigenvalue weighted by molar-refractivity contribution is 0.153. The molecule has 0 N–H and O–H groups in total. The lowest BCUT2D eigenvalue weighted by Crippen LogP contribution is -2.29. The zero-order valence-corrected chi connectivity index (χ0v) is 34.1. The van der Waals surface area contributed by atoms with E-state index in [2.05, 4.69) is 193 Å². The Labute approximate surface area is 355 Å². The minimum Gasteiger partial charge on any atom is -0.310 e. The highest BCUT2D eigenvalue weighted by atomic mass is 15.1. The van der Waals surface area contributed by atoms with Gasteiger partial charge in [0.05, 0.1) is 5.69 Å². The van der Waals surface area contributed by atoms with Crippen LogP contribution in [-0.2, 0) is 12.8 Å². The summed E-state index contributed by atoms with van der Waals surface area (Å²) in [5.74, 6) is 2.92. The van der Waals surface area contributed by atoms with E-state index in [-0.39, 0.29) is 0 Å². The number of benzene rings is 8. The maximum Gasteiger partial charge on any atom is 0.0540 e. The maximum absolute atomic E-state index is 2.56. The van der Waals surface area contributed by atoms with Gasteiger partial charge in [-0.3, -0.25) is 0 Å². The molecule has 0 heterocycles. The Bertz CT molecular complexity index is 2890. The normalized spacial score (nSPS) is 19.5. The molecule has 2 unspecified atom stereocenters. The van der Waals surface area contributed by atoms with E-state index in [0.29, 0.717) is 11.8 Å². The van der Waals surface area contributed by atoms with Crippen LogP contribution in [0.5, 0.6) is 0 Å². The van der Waals surface area contributed by atoms with Crippen LogP contribution in [0, 0.1) is 11.8 Å². The van der Waals surface area contributed by atoms with Crippen LogP contribution < -0.4 is 4.90 Å². The summed E-state index contributed by atoms with van der Waals surface area (Å²) in [5, 5.41) is 0. The first kappa shape index (κ1) is 35.5. The van der Waals surface area contributed by atoms with Gasteiger partial charge >= 0.3 is 0 Å². The highest BCUT2D eigenvalue weighted by Gasteiger charge is 2.40. The fourth-order valence-electron chi connectivity index (χ4n) is 12.0. The topological polar surface area (TPSA) is 3.24 Å². The molecule has 1 heteroatoms. The van der Waals surface area contributed by atoms with E-state index in [4.69, 9.17) is 0 Å². The van der Waals surface area contributed by atoms with Crippen LogP contribution in [0.2, 0.25) is 0 Å². The number of hydrogen-bond acceptors (Lipinski definition) is 1. The highest BCUT2D eigenvalue weighted by molar-refractivity contribution is 5.97. The molecule has 2 fully saturated rings. The molecule has 13 rings (SSSR count). The van der Waals surface area contributed by atoms with E-state index in [0.717, 1.165) is 30.4 Å². The monoisotopic (exact) mass is 771 g/mol. The predicted octanol–water partition coefficient (Wildman–Crippen LogP) is 16.0. The third-order valence-electron chi connectivity index (χ3n) is 14.6. The summed E-state index contributed by atoms with van der Waals surface area (Å²) in [6, 6.07) is 71.4. The van der Waals surface area contributed by atoms with Crippen LogP contribution in [0.15, 0.2) is 188 Å². The minimum absolute atomic E-state index is 0.612. The van der Waals surface area contributed by atoms with Gasteiger partial charge in [0.25, 0.3) is 0 Å². The Morgan fingerprint density at radius 2 is 0.783 bits per heavy atom. The van der Waals surface area contributed by atoms with Crippen molar-refractivity contribution in [2.45, 2.75) is 56.8 Å². The lowest BCUT2D eigenvalue weighted by Gasteiger charge is -2.42. The van der Waals surface area contributed by atoms with Crippen LogP contribution in [0.25, 0.3) is 55.6 Å². The number of nitrogens with zero attached hydrogens (tertiary/aromatic N) is 1. The molecule has 5 aliphatic rings. The molecule has 0 spiro atoms. The molecule has 1 nitrogen and oxygen atoms in total. The molecule has 4 bridgehead atoms. The van der Waals surface area contributed by atoms with Gasteiger partial charge in [-0.15, -0.1) is 0 Å². The summed E-state index contributed by atoms with van der Waals surface area (Å²) in [5.41, 5.74) is 22.5. The SMILES string of the molecule is c1ccc(-c2ccccc2N(c2ccc3c(c2)-c2ccccc2CCc2ccccc2-c2ccccc2-3)c2ccc3c(c2)-c2ccccc2C2CC4CC(C2)CC3C4)cc1. The lowest BCUT2D eigenvalue weighted by atomic mass is 9.63. The predicted molar refractivity (Wildman–Crippen MR) is 251 cm³/mol. The second-order valence-corrected chi connectivity index (χ2v) is 18.0. The maximum atomic E-state index is 2.56. The Morgan fingerprint density at radius 1 is 0.317 bits per heavy atom. The summed E-state index contributed by atoms with van der Waals surface area (Å²) in [4.78, 5) is 2.56. The Morgan fingerprint density at radius 3 is 1.47 bits per heavy atom. The first-order valence-electron chi connectivity index (χ1n) is 22.3. The van der Waals surface area contributed by atoms with Gasteiger partial charge in [-0.25, -0.2) is 0 Å². The zero-order valence-electron chi connectivity index (χ0n) is 34.1. The second kappa shape index (κ2) is 14.7. The van der Waals surface area contributed by atoms with Crippen LogP contribution in [0.4, 0.5) is 17.1 Å². The van der Waals surface area contributed by atoms with Gasteiger partial charge in [-0.2, -0.15) is 0 Å². The third kappa shape index (κ3) is 6.05. The number of anilines is 3. The fraction of sp³-hybridized carbons (Fsp3) is 0.186.